The lowest BCUT2D eigenvalue weighted by Gasteiger charge is -2.09. The van der Waals surface area contributed by atoms with Gasteiger partial charge in [0, 0.05) is 29.2 Å². The molecule has 0 spiro atoms. The zero-order valence-electron chi connectivity index (χ0n) is 11.1. The quantitative estimate of drug-likeness (QED) is 0.791. The second-order valence-electron chi connectivity index (χ2n) is 4.56. The van der Waals surface area contributed by atoms with Crippen molar-refractivity contribution in [2.45, 2.75) is 13.1 Å². The summed E-state index contributed by atoms with van der Waals surface area (Å²) in [6, 6.07) is 10.2. The van der Waals surface area contributed by atoms with E-state index in [1.165, 1.54) is 6.07 Å². The summed E-state index contributed by atoms with van der Waals surface area (Å²) in [6.45, 7) is 0.914. The first kappa shape index (κ1) is 15.6. The van der Waals surface area contributed by atoms with Crippen LogP contribution in [0.1, 0.15) is 21.5 Å². The summed E-state index contributed by atoms with van der Waals surface area (Å²) in [5, 5.41) is 13.7. The molecule has 0 atom stereocenters. The Morgan fingerprint density at radius 2 is 1.95 bits per heavy atom. The molecule has 1 amide bonds. The number of phenolic OH excluding ortho intramolecular Hbond substituents is 1. The van der Waals surface area contributed by atoms with E-state index in [4.69, 9.17) is 28.9 Å². The van der Waals surface area contributed by atoms with Crippen LogP contribution in [0.3, 0.4) is 0 Å². The molecule has 0 fully saturated rings. The molecule has 0 saturated carbocycles. The van der Waals surface area contributed by atoms with Gasteiger partial charge in [-0.05, 0) is 29.8 Å². The fraction of sp³-hybridized carbons (Fsp3) is 0.133. The number of benzene rings is 2. The number of carbonyl (C=O) groups is 1. The van der Waals surface area contributed by atoms with E-state index >= 15 is 0 Å². The number of phenols is 1. The van der Waals surface area contributed by atoms with Crippen molar-refractivity contribution in [2.75, 3.05) is 0 Å². The molecule has 0 heterocycles. The molecule has 2 rings (SSSR count). The molecule has 0 radical (unpaired) electrons. The third-order valence-electron chi connectivity index (χ3n) is 2.96. The van der Waals surface area contributed by atoms with Crippen molar-refractivity contribution in [1.29, 1.82) is 0 Å². The van der Waals surface area contributed by atoms with E-state index in [-0.39, 0.29) is 10.8 Å². The first-order chi connectivity index (χ1) is 9.97. The Balaban J connectivity index is 2.02. The number of hydrogen-bond acceptors (Lipinski definition) is 3. The van der Waals surface area contributed by atoms with Crippen molar-refractivity contribution in [2.24, 2.45) is 5.73 Å². The highest BCUT2D eigenvalue weighted by Crippen LogP contribution is 2.30. The van der Waals surface area contributed by atoms with E-state index in [1.54, 1.807) is 24.3 Å². The average Bonchev–Trinajstić information content (AvgIpc) is 2.44. The number of rotatable bonds is 5. The Hall–Kier alpha value is -1.75. The molecule has 2 aromatic rings. The van der Waals surface area contributed by atoms with Crippen LogP contribution in [0.4, 0.5) is 0 Å². The molecule has 0 unspecified atom stereocenters. The van der Waals surface area contributed by atoms with E-state index in [0.29, 0.717) is 29.2 Å². The monoisotopic (exact) mass is 324 g/mol. The molecule has 6 heteroatoms. The Morgan fingerprint density at radius 1 is 1.19 bits per heavy atom. The van der Waals surface area contributed by atoms with Gasteiger partial charge >= 0.3 is 0 Å². The number of nitrogens with one attached hydrogen (secondary N) is 1. The fourth-order valence-corrected chi connectivity index (χ4v) is 2.47. The average molecular weight is 325 g/mol. The van der Waals surface area contributed by atoms with Gasteiger partial charge in [-0.1, -0.05) is 35.3 Å². The lowest BCUT2D eigenvalue weighted by molar-refractivity contribution is 0.1000. The summed E-state index contributed by atoms with van der Waals surface area (Å²) < 4.78 is 0. The maximum atomic E-state index is 11.1. The van der Waals surface area contributed by atoms with E-state index < -0.39 is 5.91 Å². The van der Waals surface area contributed by atoms with Crippen LogP contribution >= 0.6 is 23.2 Å². The highest BCUT2D eigenvalue weighted by Gasteiger charge is 2.08. The Labute approximate surface area is 132 Å². The summed E-state index contributed by atoms with van der Waals surface area (Å²) >= 11 is 11.8. The number of carbonyl (C=O) groups excluding carboxylic acids is 1. The summed E-state index contributed by atoms with van der Waals surface area (Å²) in [6.07, 6.45) is 0. The molecule has 2 aromatic carbocycles. The molecule has 0 saturated heterocycles. The van der Waals surface area contributed by atoms with Crippen LogP contribution in [-0.2, 0) is 13.1 Å². The minimum Gasteiger partial charge on any atom is -0.506 e. The Kier molecular flexibility index (Phi) is 5.07. The van der Waals surface area contributed by atoms with E-state index in [0.717, 1.165) is 5.56 Å². The van der Waals surface area contributed by atoms with Crippen molar-refractivity contribution in [3.05, 3.63) is 63.1 Å². The third-order valence-corrected chi connectivity index (χ3v) is 3.47. The van der Waals surface area contributed by atoms with Crippen molar-refractivity contribution in [3.8, 4) is 5.75 Å². The molecule has 0 aliphatic carbocycles. The van der Waals surface area contributed by atoms with Gasteiger partial charge in [-0.3, -0.25) is 4.79 Å². The maximum Gasteiger partial charge on any atom is 0.248 e. The molecule has 0 aromatic heterocycles. The first-order valence-electron chi connectivity index (χ1n) is 6.23. The zero-order valence-corrected chi connectivity index (χ0v) is 12.6. The molecular formula is C15H14Cl2N2O2. The van der Waals surface area contributed by atoms with Crippen molar-refractivity contribution >= 4 is 29.1 Å². The molecule has 0 aliphatic heterocycles. The van der Waals surface area contributed by atoms with Gasteiger partial charge in [0.2, 0.25) is 5.91 Å². The smallest absolute Gasteiger partial charge is 0.248 e. The lowest BCUT2D eigenvalue weighted by atomic mass is 10.1. The largest absolute Gasteiger partial charge is 0.506 e. The predicted molar refractivity (Wildman–Crippen MR) is 83.6 cm³/mol. The molecule has 21 heavy (non-hydrogen) atoms. The number of nitrogens with two attached hydrogens (primary N) is 1. The van der Waals surface area contributed by atoms with Gasteiger partial charge in [-0.2, -0.15) is 0 Å². The number of halogens is 2. The van der Waals surface area contributed by atoms with Crippen molar-refractivity contribution < 1.29 is 9.90 Å². The van der Waals surface area contributed by atoms with Gasteiger partial charge in [-0.25, -0.2) is 0 Å². The van der Waals surface area contributed by atoms with Crippen LogP contribution in [0.25, 0.3) is 0 Å². The number of hydrogen-bond donors (Lipinski definition) is 3. The summed E-state index contributed by atoms with van der Waals surface area (Å²) in [4.78, 5) is 11.1. The van der Waals surface area contributed by atoms with E-state index in [2.05, 4.69) is 5.32 Å². The van der Waals surface area contributed by atoms with Crippen LogP contribution in [-0.4, -0.2) is 11.0 Å². The molecule has 110 valence electrons. The zero-order chi connectivity index (χ0) is 15.4. The molecule has 4 N–H and O–H groups in total. The van der Waals surface area contributed by atoms with Crippen molar-refractivity contribution in [1.82, 2.24) is 5.32 Å². The van der Waals surface area contributed by atoms with E-state index in [1.807, 2.05) is 6.07 Å². The summed E-state index contributed by atoms with van der Waals surface area (Å²) in [5.74, 6) is -0.449. The van der Waals surface area contributed by atoms with Gasteiger partial charge in [0.1, 0.15) is 5.75 Å². The highest BCUT2D eigenvalue weighted by atomic mass is 35.5. The van der Waals surface area contributed by atoms with Gasteiger partial charge in [0.25, 0.3) is 0 Å². The van der Waals surface area contributed by atoms with Crippen LogP contribution in [0, 0.1) is 0 Å². The molecular weight excluding hydrogens is 311 g/mol. The van der Waals surface area contributed by atoms with Crippen LogP contribution in [0.2, 0.25) is 10.0 Å². The second-order valence-corrected chi connectivity index (χ2v) is 5.41. The third kappa shape index (κ3) is 4.11. The van der Waals surface area contributed by atoms with Gasteiger partial charge in [0.05, 0.1) is 5.02 Å². The second kappa shape index (κ2) is 6.80. The summed E-state index contributed by atoms with van der Waals surface area (Å²) in [5.41, 5.74) is 7.22. The number of aromatic hydroxyl groups is 1. The Morgan fingerprint density at radius 3 is 2.67 bits per heavy atom. The van der Waals surface area contributed by atoms with Crippen molar-refractivity contribution in [3.63, 3.8) is 0 Å². The van der Waals surface area contributed by atoms with Gasteiger partial charge < -0.3 is 16.2 Å². The Bertz CT molecular complexity index is 675. The van der Waals surface area contributed by atoms with Crippen LogP contribution in [0.5, 0.6) is 5.75 Å². The maximum absolute atomic E-state index is 11.1. The fourth-order valence-electron chi connectivity index (χ4n) is 1.93. The minimum atomic E-state index is -0.462. The topological polar surface area (TPSA) is 75.4 Å². The predicted octanol–water partition coefficient (Wildman–Crippen LogP) is 3.09. The van der Waals surface area contributed by atoms with Gasteiger partial charge in [0.15, 0.2) is 0 Å². The molecule has 4 nitrogen and oxygen atoms in total. The summed E-state index contributed by atoms with van der Waals surface area (Å²) in [7, 11) is 0. The standard InChI is InChI=1S/C15H14Cl2N2O2/c16-12-5-11(14(20)13(17)6-12)8-19-7-9-2-1-3-10(4-9)15(18)21/h1-6,19-20H,7-8H2,(H2,18,21). The normalized spacial score (nSPS) is 10.6. The van der Waals surface area contributed by atoms with Gasteiger partial charge in [-0.15, -0.1) is 0 Å². The SMILES string of the molecule is NC(=O)c1cccc(CNCc2cc(Cl)cc(Cl)c2O)c1. The van der Waals surface area contributed by atoms with Crippen LogP contribution in [0.15, 0.2) is 36.4 Å². The molecule has 0 bridgehead atoms. The van der Waals surface area contributed by atoms with Crippen LogP contribution < -0.4 is 11.1 Å². The number of amides is 1. The lowest BCUT2D eigenvalue weighted by Crippen LogP contribution is -2.15. The molecule has 0 aliphatic rings. The minimum absolute atomic E-state index is 0.0134. The number of primary amides is 1. The first-order valence-corrected chi connectivity index (χ1v) is 6.99. The highest BCUT2D eigenvalue weighted by molar-refractivity contribution is 6.35. The van der Waals surface area contributed by atoms with E-state index in [9.17, 15) is 9.90 Å².